The molecule has 0 heterocycles. The molecule has 2 N–H and O–H groups in total. The van der Waals surface area contributed by atoms with E-state index in [1.807, 2.05) is 6.92 Å². The lowest BCUT2D eigenvalue weighted by Gasteiger charge is -2.19. The summed E-state index contributed by atoms with van der Waals surface area (Å²) >= 11 is 12.0. The van der Waals surface area contributed by atoms with Crippen molar-refractivity contribution in [3.63, 3.8) is 0 Å². The summed E-state index contributed by atoms with van der Waals surface area (Å²) in [5.41, 5.74) is 0.380. The minimum absolute atomic E-state index is 0.0730. The van der Waals surface area contributed by atoms with Gasteiger partial charge in [-0.25, -0.2) is 0 Å². The first-order valence-corrected chi connectivity index (χ1v) is 8.45. The Hall–Kier alpha value is -1.34. The molecule has 2 amide bonds. The van der Waals surface area contributed by atoms with E-state index >= 15 is 0 Å². The second-order valence-electron chi connectivity index (χ2n) is 5.14. The van der Waals surface area contributed by atoms with Crippen LogP contribution in [0.1, 0.15) is 13.3 Å². The van der Waals surface area contributed by atoms with Crippen molar-refractivity contribution >= 4 is 40.7 Å². The van der Waals surface area contributed by atoms with E-state index in [0.29, 0.717) is 35.4 Å². The Balaban J connectivity index is 2.46. The first kappa shape index (κ1) is 20.7. The lowest BCUT2D eigenvalue weighted by molar-refractivity contribution is -0.123. The molecular formula is C16H23Cl2N3O3. The van der Waals surface area contributed by atoms with Crippen molar-refractivity contribution < 1.29 is 14.3 Å². The molecule has 134 valence electrons. The summed E-state index contributed by atoms with van der Waals surface area (Å²) in [4.78, 5) is 25.7. The third-order valence-corrected chi connectivity index (χ3v) is 3.89. The van der Waals surface area contributed by atoms with Gasteiger partial charge in [0.05, 0.1) is 28.8 Å². The number of amides is 2. The molecule has 1 aromatic rings. The molecule has 6 nitrogen and oxygen atoms in total. The Morgan fingerprint density at radius 3 is 2.38 bits per heavy atom. The fraction of sp³-hybridized carbons (Fsp3) is 0.500. The molecule has 0 radical (unpaired) electrons. The number of carbonyl (C=O) groups excluding carboxylic acids is 2. The molecule has 0 saturated heterocycles. The van der Waals surface area contributed by atoms with Crippen LogP contribution in [0.4, 0.5) is 5.69 Å². The molecule has 1 aromatic carbocycles. The standard InChI is InChI=1S/C16H23Cl2N3O3/c1-3-21(10-14(22)19-8-5-9-24-2)11-15(23)20-16-12(17)6-4-7-13(16)18/h4,6-7H,3,5,8-11H2,1-2H3,(H,19,22)(H,20,23). The topological polar surface area (TPSA) is 70.7 Å². The number of nitrogens with zero attached hydrogens (tertiary/aromatic N) is 1. The van der Waals surface area contributed by atoms with Crippen LogP contribution in [-0.4, -0.2) is 56.6 Å². The average Bonchev–Trinajstić information content (AvgIpc) is 2.54. The number of hydrogen-bond acceptors (Lipinski definition) is 4. The number of ether oxygens (including phenoxy) is 1. The number of carbonyl (C=O) groups is 2. The average molecular weight is 376 g/mol. The lowest BCUT2D eigenvalue weighted by atomic mass is 10.3. The molecule has 1 rings (SSSR count). The Morgan fingerprint density at radius 1 is 1.17 bits per heavy atom. The first-order valence-electron chi connectivity index (χ1n) is 7.69. The number of rotatable bonds is 10. The van der Waals surface area contributed by atoms with E-state index < -0.39 is 0 Å². The fourth-order valence-electron chi connectivity index (χ4n) is 1.98. The molecular weight excluding hydrogens is 353 g/mol. The number of halogens is 2. The highest BCUT2D eigenvalue weighted by Crippen LogP contribution is 2.29. The van der Waals surface area contributed by atoms with Gasteiger partial charge in [-0.05, 0) is 25.1 Å². The number of methoxy groups -OCH3 is 1. The second-order valence-corrected chi connectivity index (χ2v) is 5.96. The predicted molar refractivity (Wildman–Crippen MR) is 96.7 cm³/mol. The van der Waals surface area contributed by atoms with Gasteiger partial charge in [0.15, 0.2) is 0 Å². The number of nitrogens with one attached hydrogen (secondary N) is 2. The van der Waals surface area contributed by atoms with Crippen LogP contribution in [0.15, 0.2) is 18.2 Å². The molecule has 0 aromatic heterocycles. The zero-order chi connectivity index (χ0) is 17.9. The van der Waals surface area contributed by atoms with Gasteiger partial charge in [0.2, 0.25) is 11.8 Å². The smallest absolute Gasteiger partial charge is 0.238 e. The minimum Gasteiger partial charge on any atom is -0.385 e. The highest BCUT2D eigenvalue weighted by Gasteiger charge is 2.15. The maximum absolute atomic E-state index is 12.1. The van der Waals surface area contributed by atoms with Crippen LogP contribution in [0.3, 0.4) is 0 Å². The maximum atomic E-state index is 12.1. The summed E-state index contributed by atoms with van der Waals surface area (Å²) in [5.74, 6) is -0.407. The number of benzene rings is 1. The van der Waals surface area contributed by atoms with E-state index in [1.54, 1.807) is 30.2 Å². The quantitative estimate of drug-likeness (QED) is 0.616. The molecule has 0 saturated carbocycles. The normalized spacial score (nSPS) is 10.7. The Labute approximate surface area is 152 Å². The van der Waals surface area contributed by atoms with Crippen molar-refractivity contribution in [3.05, 3.63) is 28.2 Å². The van der Waals surface area contributed by atoms with E-state index in [4.69, 9.17) is 27.9 Å². The third-order valence-electron chi connectivity index (χ3n) is 3.26. The summed E-state index contributed by atoms with van der Waals surface area (Å²) < 4.78 is 4.92. The first-order chi connectivity index (χ1) is 11.5. The second kappa shape index (κ2) is 11.3. The van der Waals surface area contributed by atoms with Gasteiger partial charge < -0.3 is 15.4 Å². The molecule has 0 spiro atoms. The molecule has 0 aliphatic rings. The highest BCUT2D eigenvalue weighted by molar-refractivity contribution is 6.39. The predicted octanol–water partition coefficient (Wildman–Crippen LogP) is 2.41. The number of para-hydroxylation sites is 1. The molecule has 0 aliphatic heterocycles. The van der Waals surface area contributed by atoms with Crippen LogP contribution in [0.5, 0.6) is 0 Å². The SMILES string of the molecule is CCN(CC(=O)NCCCOC)CC(=O)Nc1c(Cl)cccc1Cl. The molecule has 0 fully saturated rings. The van der Waals surface area contributed by atoms with E-state index in [-0.39, 0.29) is 24.9 Å². The molecule has 0 bridgehead atoms. The van der Waals surface area contributed by atoms with Crippen LogP contribution >= 0.6 is 23.2 Å². The largest absolute Gasteiger partial charge is 0.385 e. The van der Waals surface area contributed by atoms with Crippen LogP contribution in [0, 0.1) is 0 Å². The fourth-order valence-corrected chi connectivity index (χ4v) is 2.47. The lowest BCUT2D eigenvalue weighted by Crippen LogP contribution is -2.41. The highest BCUT2D eigenvalue weighted by atomic mass is 35.5. The van der Waals surface area contributed by atoms with Gasteiger partial charge in [0, 0.05) is 20.3 Å². The van der Waals surface area contributed by atoms with E-state index in [1.165, 1.54) is 0 Å². The summed E-state index contributed by atoms with van der Waals surface area (Å²) in [7, 11) is 1.62. The molecule has 0 atom stereocenters. The Morgan fingerprint density at radius 2 is 1.79 bits per heavy atom. The Kier molecular flexibility index (Phi) is 9.71. The number of anilines is 1. The monoisotopic (exact) mass is 375 g/mol. The zero-order valence-electron chi connectivity index (χ0n) is 13.9. The number of hydrogen-bond donors (Lipinski definition) is 2. The van der Waals surface area contributed by atoms with Gasteiger partial charge in [-0.15, -0.1) is 0 Å². The number of likely N-dealkylation sites (N-methyl/N-ethyl adjacent to an activating group) is 1. The van der Waals surface area contributed by atoms with Gasteiger partial charge >= 0.3 is 0 Å². The van der Waals surface area contributed by atoms with Gasteiger partial charge in [-0.1, -0.05) is 36.2 Å². The van der Waals surface area contributed by atoms with E-state index in [9.17, 15) is 9.59 Å². The van der Waals surface area contributed by atoms with Crippen molar-refractivity contribution in [2.75, 3.05) is 45.2 Å². The van der Waals surface area contributed by atoms with Gasteiger partial charge in [0.25, 0.3) is 0 Å². The summed E-state index contributed by atoms with van der Waals surface area (Å²) in [6.45, 7) is 3.81. The summed E-state index contributed by atoms with van der Waals surface area (Å²) in [5, 5.41) is 6.21. The van der Waals surface area contributed by atoms with Gasteiger partial charge in [-0.3, -0.25) is 14.5 Å². The van der Waals surface area contributed by atoms with Crippen LogP contribution in [-0.2, 0) is 14.3 Å². The van der Waals surface area contributed by atoms with Crippen molar-refractivity contribution in [1.82, 2.24) is 10.2 Å². The van der Waals surface area contributed by atoms with Crippen LogP contribution < -0.4 is 10.6 Å². The van der Waals surface area contributed by atoms with Gasteiger partial charge in [-0.2, -0.15) is 0 Å². The van der Waals surface area contributed by atoms with Crippen LogP contribution in [0.25, 0.3) is 0 Å². The molecule has 8 heteroatoms. The molecule has 0 aliphatic carbocycles. The van der Waals surface area contributed by atoms with Crippen molar-refractivity contribution in [3.8, 4) is 0 Å². The van der Waals surface area contributed by atoms with E-state index in [0.717, 1.165) is 6.42 Å². The summed E-state index contributed by atoms with van der Waals surface area (Å²) in [6, 6.07) is 4.99. The van der Waals surface area contributed by atoms with Crippen molar-refractivity contribution in [2.24, 2.45) is 0 Å². The molecule has 0 unspecified atom stereocenters. The van der Waals surface area contributed by atoms with E-state index in [2.05, 4.69) is 10.6 Å². The van der Waals surface area contributed by atoms with Crippen molar-refractivity contribution in [2.45, 2.75) is 13.3 Å². The zero-order valence-corrected chi connectivity index (χ0v) is 15.4. The van der Waals surface area contributed by atoms with Crippen LogP contribution in [0.2, 0.25) is 10.0 Å². The Bertz CT molecular complexity index is 535. The minimum atomic E-state index is -0.279. The van der Waals surface area contributed by atoms with Gasteiger partial charge in [0.1, 0.15) is 0 Å². The maximum Gasteiger partial charge on any atom is 0.238 e. The third kappa shape index (κ3) is 7.49. The van der Waals surface area contributed by atoms with Crippen molar-refractivity contribution in [1.29, 1.82) is 0 Å². The molecule has 24 heavy (non-hydrogen) atoms. The summed E-state index contributed by atoms with van der Waals surface area (Å²) in [6.07, 6.45) is 0.750.